The number of carbonyl (C=O) groups excluding carboxylic acids is 1. The topological polar surface area (TPSA) is 84.5 Å². The fraction of sp³-hybridized carbons (Fsp3) is 0.133. The maximum atomic E-state index is 13.5. The van der Waals surface area contributed by atoms with Crippen molar-refractivity contribution in [2.24, 2.45) is 0 Å². The summed E-state index contributed by atoms with van der Waals surface area (Å²) in [6, 6.07) is 11.1. The Morgan fingerprint density at radius 1 is 1.21 bits per heavy atom. The van der Waals surface area contributed by atoms with Gasteiger partial charge < -0.3 is 4.74 Å². The molecular formula is C15H14ClFN2O4S. The van der Waals surface area contributed by atoms with Gasteiger partial charge in [0.1, 0.15) is 0 Å². The molecule has 0 unspecified atom stereocenters. The summed E-state index contributed by atoms with van der Waals surface area (Å²) >= 11 is 5.73. The predicted molar refractivity (Wildman–Crippen MR) is 86.4 cm³/mol. The molecule has 1 atom stereocenters. The molecule has 0 bridgehead atoms. The number of hydrogen-bond donors (Lipinski definition) is 2. The molecule has 128 valence electrons. The van der Waals surface area contributed by atoms with E-state index in [0.29, 0.717) is 0 Å². The standard InChI is InChI=1S/C15H14ClFN2O4S/c1-10(23-14-8-3-2-7-13(14)17)15(20)18-19-24(21,22)12-6-4-5-11(16)9-12/h2-10,19H,1H3,(H,18,20)/t10-/m1/s1. The highest BCUT2D eigenvalue weighted by Gasteiger charge is 2.20. The van der Waals surface area contributed by atoms with Crippen LogP contribution in [0, 0.1) is 5.82 Å². The first kappa shape index (κ1) is 18.2. The Balaban J connectivity index is 1.98. The number of para-hydroxylation sites is 1. The van der Waals surface area contributed by atoms with Gasteiger partial charge in [-0.05, 0) is 37.3 Å². The van der Waals surface area contributed by atoms with E-state index in [-0.39, 0.29) is 15.7 Å². The average molecular weight is 373 g/mol. The Kier molecular flexibility index (Phi) is 5.76. The Hall–Kier alpha value is -2.16. The first-order valence-corrected chi connectivity index (χ1v) is 8.64. The molecule has 0 spiro atoms. The van der Waals surface area contributed by atoms with Crippen LogP contribution in [0.15, 0.2) is 53.4 Å². The van der Waals surface area contributed by atoms with Crippen molar-refractivity contribution in [1.82, 2.24) is 10.3 Å². The molecule has 0 saturated heterocycles. The second kappa shape index (κ2) is 7.61. The number of nitrogens with one attached hydrogen (secondary N) is 2. The summed E-state index contributed by atoms with van der Waals surface area (Å²) < 4.78 is 42.7. The van der Waals surface area contributed by atoms with E-state index in [1.165, 1.54) is 49.4 Å². The number of halogens is 2. The van der Waals surface area contributed by atoms with Gasteiger partial charge in [0.15, 0.2) is 17.7 Å². The third-order valence-corrected chi connectivity index (χ3v) is 4.41. The molecule has 0 fully saturated rings. The molecule has 2 aromatic rings. The van der Waals surface area contributed by atoms with Gasteiger partial charge in [-0.25, -0.2) is 12.8 Å². The zero-order valence-corrected chi connectivity index (χ0v) is 14.1. The minimum atomic E-state index is -3.99. The van der Waals surface area contributed by atoms with Crippen LogP contribution in [0.5, 0.6) is 5.75 Å². The summed E-state index contributed by atoms with van der Waals surface area (Å²) in [7, 11) is -3.99. The average Bonchev–Trinajstić information content (AvgIpc) is 2.54. The molecule has 9 heteroatoms. The fourth-order valence-corrected chi connectivity index (χ4v) is 2.84. The molecule has 0 saturated carbocycles. The van der Waals surface area contributed by atoms with Crippen LogP contribution in [-0.2, 0) is 14.8 Å². The Morgan fingerprint density at radius 2 is 1.92 bits per heavy atom. The predicted octanol–water partition coefficient (Wildman–Crippen LogP) is 2.26. The van der Waals surface area contributed by atoms with Crippen molar-refractivity contribution in [2.75, 3.05) is 0 Å². The Morgan fingerprint density at radius 3 is 2.58 bits per heavy atom. The van der Waals surface area contributed by atoms with Gasteiger partial charge in [-0.1, -0.05) is 29.8 Å². The highest BCUT2D eigenvalue weighted by Crippen LogP contribution is 2.17. The number of ether oxygens (including phenoxy) is 1. The first-order valence-electron chi connectivity index (χ1n) is 6.78. The summed E-state index contributed by atoms with van der Waals surface area (Å²) in [5, 5.41) is 0.237. The van der Waals surface area contributed by atoms with E-state index in [4.69, 9.17) is 16.3 Å². The lowest BCUT2D eigenvalue weighted by Crippen LogP contribution is -2.47. The molecule has 1 amide bonds. The molecule has 2 aromatic carbocycles. The SMILES string of the molecule is C[C@@H](Oc1ccccc1F)C(=O)NNS(=O)(=O)c1cccc(Cl)c1. The van der Waals surface area contributed by atoms with Crippen LogP contribution in [0.2, 0.25) is 5.02 Å². The van der Waals surface area contributed by atoms with Crippen molar-refractivity contribution in [2.45, 2.75) is 17.9 Å². The molecule has 0 heterocycles. The van der Waals surface area contributed by atoms with Gasteiger partial charge in [-0.15, -0.1) is 4.83 Å². The van der Waals surface area contributed by atoms with Gasteiger partial charge in [0.2, 0.25) is 0 Å². The number of carbonyl (C=O) groups is 1. The molecule has 6 nitrogen and oxygen atoms in total. The van der Waals surface area contributed by atoms with Gasteiger partial charge in [-0.3, -0.25) is 10.2 Å². The monoisotopic (exact) mass is 372 g/mol. The van der Waals surface area contributed by atoms with Crippen molar-refractivity contribution in [3.8, 4) is 5.75 Å². The lowest BCUT2D eigenvalue weighted by molar-refractivity contribution is -0.127. The van der Waals surface area contributed by atoms with Crippen LogP contribution in [-0.4, -0.2) is 20.4 Å². The molecular weight excluding hydrogens is 359 g/mol. The number of amides is 1. The minimum Gasteiger partial charge on any atom is -0.478 e. The van der Waals surface area contributed by atoms with Gasteiger partial charge in [-0.2, -0.15) is 0 Å². The van der Waals surface area contributed by atoms with Gasteiger partial charge in [0.25, 0.3) is 15.9 Å². The maximum absolute atomic E-state index is 13.5. The normalized spacial score (nSPS) is 12.5. The van der Waals surface area contributed by atoms with E-state index in [0.717, 1.165) is 0 Å². The lowest BCUT2D eigenvalue weighted by atomic mass is 10.3. The largest absolute Gasteiger partial charge is 0.478 e. The zero-order chi connectivity index (χ0) is 17.7. The van der Waals surface area contributed by atoms with Crippen molar-refractivity contribution in [3.63, 3.8) is 0 Å². The van der Waals surface area contributed by atoms with Crippen molar-refractivity contribution < 1.29 is 22.3 Å². The molecule has 0 aliphatic rings. The summed E-state index contributed by atoms with van der Waals surface area (Å²) in [6.45, 7) is 1.36. The van der Waals surface area contributed by atoms with Crippen molar-refractivity contribution in [3.05, 3.63) is 59.4 Å². The molecule has 0 radical (unpaired) electrons. The van der Waals surface area contributed by atoms with E-state index in [1.807, 2.05) is 10.3 Å². The van der Waals surface area contributed by atoms with Crippen LogP contribution >= 0.6 is 11.6 Å². The third kappa shape index (κ3) is 4.67. The van der Waals surface area contributed by atoms with E-state index in [2.05, 4.69) is 0 Å². The highest BCUT2D eigenvalue weighted by atomic mass is 35.5. The number of rotatable bonds is 6. The zero-order valence-electron chi connectivity index (χ0n) is 12.5. The Bertz CT molecular complexity index is 845. The first-order chi connectivity index (χ1) is 11.3. The van der Waals surface area contributed by atoms with Crippen LogP contribution in [0.4, 0.5) is 4.39 Å². The molecule has 24 heavy (non-hydrogen) atoms. The van der Waals surface area contributed by atoms with Crippen LogP contribution in [0.25, 0.3) is 0 Å². The van der Waals surface area contributed by atoms with Crippen molar-refractivity contribution >= 4 is 27.5 Å². The van der Waals surface area contributed by atoms with Crippen molar-refractivity contribution in [1.29, 1.82) is 0 Å². The number of hydrogen-bond acceptors (Lipinski definition) is 4. The number of hydrazine groups is 1. The van der Waals surface area contributed by atoms with Gasteiger partial charge in [0, 0.05) is 5.02 Å². The van der Waals surface area contributed by atoms with Gasteiger partial charge >= 0.3 is 0 Å². The summed E-state index contributed by atoms with van der Waals surface area (Å²) in [4.78, 5) is 13.7. The van der Waals surface area contributed by atoms with Crippen LogP contribution in [0.3, 0.4) is 0 Å². The second-order valence-electron chi connectivity index (χ2n) is 4.74. The summed E-state index contributed by atoms with van der Waals surface area (Å²) in [5.41, 5.74) is 2.01. The number of benzene rings is 2. The van der Waals surface area contributed by atoms with E-state index >= 15 is 0 Å². The lowest BCUT2D eigenvalue weighted by Gasteiger charge is -2.15. The molecule has 0 aliphatic carbocycles. The van der Waals surface area contributed by atoms with E-state index in [9.17, 15) is 17.6 Å². The highest BCUT2D eigenvalue weighted by molar-refractivity contribution is 7.89. The number of sulfonamides is 1. The minimum absolute atomic E-state index is 0.113. The van der Waals surface area contributed by atoms with Crippen LogP contribution < -0.4 is 15.0 Å². The van der Waals surface area contributed by atoms with Crippen LogP contribution in [0.1, 0.15) is 6.92 Å². The van der Waals surface area contributed by atoms with E-state index in [1.54, 1.807) is 6.07 Å². The second-order valence-corrected chi connectivity index (χ2v) is 6.86. The van der Waals surface area contributed by atoms with E-state index < -0.39 is 27.9 Å². The molecule has 0 aromatic heterocycles. The van der Waals surface area contributed by atoms with Gasteiger partial charge in [0.05, 0.1) is 4.90 Å². The maximum Gasteiger partial charge on any atom is 0.275 e. The molecule has 2 rings (SSSR count). The molecule has 0 aliphatic heterocycles. The summed E-state index contributed by atoms with van der Waals surface area (Å²) in [5.74, 6) is -1.53. The quantitative estimate of drug-likeness (QED) is 0.762. The third-order valence-electron chi connectivity index (χ3n) is 2.92. The summed E-state index contributed by atoms with van der Waals surface area (Å²) in [6.07, 6.45) is -1.12. The Labute approximate surface area is 143 Å². The fourth-order valence-electron chi connectivity index (χ4n) is 1.70. The smallest absolute Gasteiger partial charge is 0.275 e. The molecule has 2 N–H and O–H groups in total.